The lowest BCUT2D eigenvalue weighted by Crippen LogP contribution is -2.25. The zero-order valence-electron chi connectivity index (χ0n) is 12.5. The maximum absolute atomic E-state index is 13.8. The molecule has 0 aliphatic carbocycles. The van der Waals surface area contributed by atoms with E-state index in [-0.39, 0.29) is 17.9 Å². The van der Waals surface area contributed by atoms with E-state index in [4.69, 9.17) is 0 Å². The Bertz CT molecular complexity index is 597. The fraction of sp³-hybridized carbons (Fsp3) is 0.467. The van der Waals surface area contributed by atoms with Crippen LogP contribution in [0.15, 0.2) is 29.0 Å². The molecule has 2 aromatic rings. The van der Waals surface area contributed by atoms with Crippen molar-refractivity contribution in [3.63, 3.8) is 0 Å². The highest BCUT2D eigenvalue weighted by molar-refractivity contribution is 9.10. The van der Waals surface area contributed by atoms with E-state index in [1.165, 1.54) is 0 Å². The molecule has 1 unspecified atom stereocenters. The van der Waals surface area contributed by atoms with Gasteiger partial charge in [0.05, 0.1) is 4.47 Å². The lowest BCUT2D eigenvalue weighted by atomic mass is 10.0. The summed E-state index contributed by atoms with van der Waals surface area (Å²) >= 11 is 3.19. The van der Waals surface area contributed by atoms with Crippen LogP contribution in [0.2, 0.25) is 0 Å². The van der Waals surface area contributed by atoms with E-state index in [2.05, 4.69) is 45.2 Å². The summed E-state index contributed by atoms with van der Waals surface area (Å²) in [6.45, 7) is 6.98. The summed E-state index contributed by atoms with van der Waals surface area (Å²) in [5.41, 5.74) is 0.913. The van der Waals surface area contributed by atoms with Gasteiger partial charge in [0.15, 0.2) is 0 Å². The topological polar surface area (TPSA) is 42.7 Å². The molecule has 0 saturated heterocycles. The van der Waals surface area contributed by atoms with Crippen LogP contribution in [0.1, 0.15) is 44.2 Å². The Kier molecular flexibility index (Phi) is 5.47. The first kappa shape index (κ1) is 16.1. The van der Waals surface area contributed by atoms with E-state index in [0.717, 1.165) is 17.9 Å². The minimum Gasteiger partial charge on any atom is -0.310 e. The fourth-order valence-corrected chi connectivity index (χ4v) is 2.56. The second kappa shape index (κ2) is 7.13. The number of hydrogen-bond donors (Lipinski definition) is 1. The van der Waals surface area contributed by atoms with E-state index in [1.807, 2.05) is 17.7 Å². The van der Waals surface area contributed by atoms with Gasteiger partial charge in [0.1, 0.15) is 18.0 Å². The van der Waals surface area contributed by atoms with Crippen molar-refractivity contribution in [3.8, 4) is 0 Å². The number of hydrogen-bond acceptors (Lipinski definition) is 3. The van der Waals surface area contributed by atoms with Crippen molar-refractivity contribution in [2.75, 3.05) is 6.54 Å². The molecule has 1 heterocycles. The lowest BCUT2D eigenvalue weighted by Gasteiger charge is -2.19. The molecule has 21 heavy (non-hydrogen) atoms. The second-order valence-electron chi connectivity index (χ2n) is 5.20. The number of nitrogens with zero attached hydrogens (tertiary/aromatic N) is 3. The first-order valence-electron chi connectivity index (χ1n) is 7.09. The first-order valence-corrected chi connectivity index (χ1v) is 7.89. The predicted octanol–water partition coefficient (Wildman–Crippen LogP) is 3.65. The number of aromatic nitrogens is 3. The van der Waals surface area contributed by atoms with Crippen LogP contribution < -0.4 is 5.32 Å². The maximum Gasteiger partial charge on any atom is 0.138 e. The molecular weight excluding hydrogens is 335 g/mol. The van der Waals surface area contributed by atoms with Crippen LogP contribution in [0.25, 0.3) is 0 Å². The number of benzene rings is 1. The van der Waals surface area contributed by atoms with Gasteiger partial charge in [-0.3, -0.25) is 0 Å². The fourth-order valence-electron chi connectivity index (χ4n) is 2.32. The van der Waals surface area contributed by atoms with Crippen LogP contribution in [0.4, 0.5) is 4.39 Å². The standard InChI is InChI=1S/C15H20BrFN4/c1-4-18-14(11-5-6-12(16)13(17)7-11)8-15-19-9-20-21(15)10(2)3/h5-7,9-10,14,18H,4,8H2,1-3H3. The van der Waals surface area contributed by atoms with Gasteiger partial charge in [-0.05, 0) is 54.0 Å². The van der Waals surface area contributed by atoms with Crippen LogP contribution in [0, 0.1) is 5.82 Å². The van der Waals surface area contributed by atoms with Gasteiger partial charge in [-0.2, -0.15) is 5.10 Å². The van der Waals surface area contributed by atoms with E-state index in [1.54, 1.807) is 18.5 Å². The highest BCUT2D eigenvalue weighted by Gasteiger charge is 2.17. The third kappa shape index (κ3) is 3.89. The lowest BCUT2D eigenvalue weighted by molar-refractivity contribution is 0.467. The summed E-state index contributed by atoms with van der Waals surface area (Å²) < 4.78 is 16.1. The summed E-state index contributed by atoms with van der Waals surface area (Å²) in [6.07, 6.45) is 2.24. The van der Waals surface area contributed by atoms with Gasteiger partial charge in [0.2, 0.25) is 0 Å². The summed E-state index contributed by atoms with van der Waals surface area (Å²) in [4.78, 5) is 4.33. The van der Waals surface area contributed by atoms with Crippen LogP contribution in [0.5, 0.6) is 0 Å². The third-order valence-electron chi connectivity index (χ3n) is 3.32. The molecule has 0 spiro atoms. The molecule has 1 N–H and O–H groups in total. The van der Waals surface area contributed by atoms with Crippen LogP contribution in [-0.4, -0.2) is 21.3 Å². The zero-order chi connectivity index (χ0) is 15.4. The van der Waals surface area contributed by atoms with Gasteiger partial charge in [-0.1, -0.05) is 13.0 Å². The molecule has 1 aromatic carbocycles. The van der Waals surface area contributed by atoms with Gasteiger partial charge < -0.3 is 5.32 Å². The summed E-state index contributed by atoms with van der Waals surface area (Å²) in [5.74, 6) is 0.653. The number of nitrogens with one attached hydrogen (secondary N) is 1. The Morgan fingerprint density at radius 2 is 2.14 bits per heavy atom. The molecule has 0 amide bonds. The average Bonchev–Trinajstić information content (AvgIpc) is 2.90. The second-order valence-corrected chi connectivity index (χ2v) is 6.06. The van der Waals surface area contributed by atoms with Gasteiger partial charge >= 0.3 is 0 Å². The highest BCUT2D eigenvalue weighted by Crippen LogP contribution is 2.23. The average molecular weight is 355 g/mol. The molecule has 6 heteroatoms. The molecule has 4 nitrogen and oxygen atoms in total. The summed E-state index contributed by atoms with van der Waals surface area (Å²) in [5, 5.41) is 7.64. The minimum absolute atomic E-state index is 0.0132. The molecule has 0 aliphatic heterocycles. The Morgan fingerprint density at radius 3 is 2.76 bits per heavy atom. The molecular formula is C15H20BrFN4. The monoisotopic (exact) mass is 354 g/mol. The molecule has 1 aromatic heterocycles. The van der Waals surface area contributed by atoms with Crippen LogP contribution >= 0.6 is 15.9 Å². The van der Waals surface area contributed by atoms with Gasteiger partial charge in [0.25, 0.3) is 0 Å². The molecule has 0 radical (unpaired) electrons. The van der Waals surface area contributed by atoms with Crippen molar-refractivity contribution in [1.29, 1.82) is 0 Å². The molecule has 2 rings (SSSR count). The molecule has 0 aliphatic rings. The zero-order valence-corrected chi connectivity index (χ0v) is 14.1. The molecule has 114 valence electrons. The van der Waals surface area contributed by atoms with Crippen molar-refractivity contribution in [2.45, 2.75) is 39.3 Å². The van der Waals surface area contributed by atoms with Crippen molar-refractivity contribution in [3.05, 3.63) is 46.2 Å². The van der Waals surface area contributed by atoms with Crippen molar-refractivity contribution < 1.29 is 4.39 Å². The Labute approximate surface area is 132 Å². The van der Waals surface area contributed by atoms with Crippen molar-refractivity contribution in [1.82, 2.24) is 20.1 Å². The number of rotatable bonds is 6. The van der Waals surface area contributed by atoms with E-state index in [0.29, 0.717) is 10.9 Å². The maximum atomic E-state index is 13.8. The van der Waals surface area contributed by atoms with E-state index < -0.39 is 0 Å². The van der Waals surface area contributed by atoms with E-state index >= 15 is 0 Å². The van der Waals surface area contributed by atoms with Gasteiger partial charge in [-0.25, -0.2) is 14.1 Å². The smallest absolute Gasteiger partial charge is 0.138 e. The minimum atomic E-state index is -0.249. The van der Waals surface area contributed by atoms with Gasteiger partial charge in [-0.15, -0.1) is 0 Å². The molecule has 0 bridgehead atoms. The Hall–Kier alpha value is -1.27. The number of likely N-dealkylation sites (N-methyl/N-ethyl adjacent to an activating group) is 1. The largest absolute Gasteiger partial charge is 0.310 e. The van der Waals surface area contributed by atoms with Crippen LogP contribution in [-0.2, 0) is 6.42 Å². The highest BCUT2D eigenvalue weighted by atomic mass is 79.9. The quantitative estimate of drug-likeness (QED) is 0.860. The van der Waals surface area contributed by atoms with E-state index in [9.17, 15) is 4.39 Å². The number of halogens is 2. The predicted molar refractivity (Wildman–Crippen MR) is 84.6 cm³/mol. The molecule has 0 fully saturated rings. The SMILES string of the molecule is CCNC(Cc1ncnn1C(C)C)c1ccc(Br)c(F)c1. The Morgan fingerprint density at radius 1 is 1.38 bits per heavy atom. The normalized spacial score (nSPS) is 12.9. The molecule has 1 atom stereocenters. The van der Waals surface area contributed by atoms with Gasteiger partial charge in [0, 0.05) is 18.5 Å². The first-order chi connectivity index (χ1) is 10.0. The molecule has 0 saturated carbocycles. The van der Waals surface area contributed by atoms with Crippen LogP contribution in [0.3, 0.4) is 0 Å². The summed E-state index contributed by atoms with van der Waals surface area (Å²) in [7, 11) is 0. The summed E-state index contributed by atoms with van der Waals surface area (Å²) in [6, 6.07) is 5.50. The third-order valence-corrected chi connectivity index (χ3v) is 3.96. The Balaban J connectivity index is 2.26. The van der Waals surface area contributed by atoms with Crippen molar-refractivity contribution >= 4 is 15.9 Å². The van der Waals surface area contributed by atoms with Crippen molar-refractivity contribution in [2.24, 2.45) is 0 Å².